The zero-order chi connectivity index (χ0) is 14.9. The number of nitrogens with zero attached hydrogens (tertiary/aromatic N) is 1. The van der Waals surface area contributed by atoms with Crippen molar-refractivity contribution in [1.29, 1.82) is 0 Å². The van der Waals surface area contributed by atoms with Gasteiger partial charge < -0.3 is 19.7 Å². The predicted molar refractivity (Wildman–Crippen MR) is 81.9 cm³/mol. The van der Waals surface area contributed by atoms with Gasteiger partial charge in [-0.3, -0.25) is 0 Å². The van der Waals surface area contributed by atoms with Crippen molar-refractivity contribution in [3.05, 3.63) is 24.3 Å². The fourth-order valence-corrected chi connectivity index (χ4v) is 2.33. The second kappa shape index (κ2) is 8.39. The van der Waals surface area contributed by atoms with Gasteiger partial charge in [-0.2, -0.15) is 0 Å². The minimum atomic E-state index is 0.0185. The molecule has 0 radical (unpaired) electrons. The molecule has 0 saturated carbocycles. The minimum absolute atomic E-state index is 0.0185. The maximum Gasteiger partial charge on any atom is 0.317 e. The molecule has 2 amide bonds. The molecule has 1 aliphatic heterocycles. The lowest BCUT2D eigenvalue weighted by atomic mass is 10.1. The molecule has 0 spiro atoms. The Balaban J connectivity index is 1.63. The number of hydrogen-bond donors (Lipinski definition) is 1. The van der Waals surface area contributed by atoms with Crippen LogP contribution in [0, 0.1) is 0 Å². The van der Waals surface area contributed by atoms with E-state index in [1.807, 2.05) is 36.1 Å². The molecule has 1 fully saturated rings. The van der Waals surface area contributed by atoms with Crippen molar-refractivity contribution >= 4 is 6.03 Å². The number of hydrogen-bond acceptors (Lipinski definition) is 3. The molecule has 0 unspecified atom stereocenters. The molecule has 116 valence electrons. The topological polar surface area (TPSA) is 50.8 Å². The second-order valence-corrected chi connectivity index (χ2v) is 5.03. The van der Waals surface area contributed by atoms with E-state index in [0.717, 1.165) is 37.4 Å². The summed E-state index contributed by atoms with van der Waals surface area (Å²) in [6.07, 6.45) is 3.44. The monoisotopic (exact) mass is 292 g/mol. The van der Waals surface area contributed by atoms with Crippen LogP contribution in [-0.2, 0) is 0 Å². The Labute approximate surface area is 126 Å². The predicted octanol–water partition coefficient (Wildman–Crippen LogP) is 2.66. The number of urea groups is 1. The van der Waals surface area contributed by atoms with Crippen molar-refractivity contribution in [1.82, 2.24) is 10.2 Å². The highest BCUT2D eigenvalue weighted by molar-refractivity contribution is 5.74. The summed E-state index contributed by atoms with van der Waals surface area (Å²) in [7, 11) is 0. The standard InChI is InChI=1S/C16H24N2O3/c1-2-20-14-6-8-15(9-7-14)21-13-10-17-16(19)18-11-4-3-5-12-18/h6-9H,2-5,10-13H2,1H3,(H,17,19). The van der Waals surface area contributed by atoms with Crippen molar-refractivity contribution < 1.29 is 14.3 Å². The van der Waals surface area contributed by atoms with Crippen LogP contribution in [0.3, 0.4) is 0 Å². The van der Waals surface area contributed by atoms with Crippen molar-refractivity contribution in [3.63, 3.8) is 0 Å². The normalized spacial score (nSPS) is 14.6. The third-order valence-corrected chi connectivity index (χ3v) is 3.43. The van der Waals surface area contributed by atoms with Gasteiger partial charge in [0.2, 0.25) is 0 Å². The van der Waals surface area contributed by atoms with Gasteiger partial charge in [-0.05, 0) is 50.5 Å². The molecule has 1 heterocycles. The highest BCUT2D eigenvalue weighted by Gasteiger charge is 2.15. The van der Waals surface area contributed by atoms with Gasteiger partial charge in [0.25, 0.3) is 0 Å². The first-order chi connectivity index (χ1) is 10.3. The zero-order valence-corrected chi connectivity index (χ0v) is 12.6. The Morgan fingerprint density at radius 2 is 1.71 bits per heavy atom. The van der Waals surface area contributed by atoms with E-state index in [1.54, 1.807) is 0 Å². The maximum atomic E-state index is 11.9. The third-order valence-electron chi connectivity index (χ3n) is 3.43. The van der Waals surface area contributed by atoms with Crippen LogP contribution in [0.5, 0.6) is 11.5 Å². The van der Waals surface area contributed by atoms with E-state index in [0.29, 0.717) is 19.8 Å². The summed E-state index contributed by atoms with van der Waals surface area (Å²) >= 11 is 0. The summed E-state index contributed by atoms with van der Waals surface area (Å²) in [6, 6.07) is 7.52. The van der Waals surface area contributed by atoms with Crippen LogP contribution in [0.2, 0.25) is 0 Å². The minimum Gasteiger partial charge on any atom is -0.494 e. The first kappa shape index (κ1) is 15.5. The fraction of sp³-hybridized carbons (Fsp3) is 0.562. The van der Waals surface area contributed by atoms with Gasteiger partial charge in [0, 0.05) is 13.1 Å². The number of amides is 2. The molecule has 0 aromatic heterocycles. The van der Waals surface area contributed by atoms with Crippen LogP contribution in [0.1, 0.15) is 26.2 Å². The highest BCUT2D eigenvalue weighted by atomic mass is 16.5. The van der Waals surface area contributed by atoms with E-state index >= 15 is 0 Å². The number of carbonyl (C=O) groups is 1. The van der Waals surface area contributed by atoms with E-state index < -0.39 is 0 Å². The molecule has 5 heteroatoms. The Bertz CT molecular complexity index is 428. The molecule has 1 N–H and O–H groups in total. The second-order valence-electron chi connectivity index (χ2n) is 5.03. The van der Waals surface area contributed by atoms with Crippen LogP contribution in [0.15, 0.2) is 24.3 Å². The zero-order valence-electron chi connectivity index (χ0n) is 12.6. The Hall–Kier alpha value is -1.91. The number of carbonyl (C=O) groups excluding carboxylic acids is 1. The number of likely N-dealkylation sites (tertiary alicyclic amines) is 1. The van der Waals surface area contributed by atoms with E-state index in [9.17, 15) is 4.79 Å². The molecule has 0 aliphatic carbocycles. The van der Waals surface area contributed by atoms with E-state index in [1.165, 1.54) is 6.42 Å². The summed E-state index contributed by atoms with van der Waals surface area (Å²) in [5, 5.41) is 2.89. The quantitative estimate of drug-likeness (QED) is 0.820. The lowest BCUT2D eigenvalue weighted by Gasteiger charge is -2.26. The molecular weight excluding hydrogens is 268 g/mol. The van der Waals surface area contributed by atoms with Gasteiger partial charge in [-0.15, -0.1) is 0 Å². The summed E-state index contributed by atoms with van der Waals surface area (Å²) in [6.45, 7) is 5.32. The summed E-state index contributed by atoms with van der Waals surface area (Å²) in [4.78, 5) is 13.7. The molecule has 0 bridgehead atoms. The van der Waals surface area contributed by atoms with Gasteiger partial charge in [0.15, 0.2) is 0 Å². The molecule has 1 aromatic carbocycles. The molecule has 1 aromatic rings. The Morgan fingerprint density at radius 1 is 1.10 bits per heavy atom. The van der Waals surface area contributed by atoms with Crippen molar-refractivity contribution in [2.75, 3.05) is 32.8 Å². The van der Waals surface area contributed by atoms with Crippen LogP contribution in [0.25, 0.3) is 0 Å². The van der Waals surface area contributed by atoms with Gasteiger partial charge in [-0.1, -0.05) is 0 Å². The van der Waals surface area contributed by atoms with Crippen molar-refractivity contribution in [2.24, 2.45) is 0 Å². The van der Waals surface area contributed by atoms with Crippen LogP contribution >= 0.6 is 0 Å². The fourth-order valence-electron chi connectivity index (χ4n) is 2.33. The molecule has 1 aliphatic rings. The molecular formula is C16H24N2O3. The molecule has 21 heavy (non-hydrogen) atoms. The number of nitrogens with one attached hydrogen (secondary N) is 1. The van der Waals surface area contributed by atoms with E-state index in [4.69, 9.17) is 9.47 Å². The first-order valence-corrected chi connectivity index (χ1v) is 7.68. The average Bonchev–Trinajstić information content (AvgIpc) is 2.54. The summed E-state index contributed by atoms with van der Waals surface area (Å²) in [5.41, 5.74) is 0. The van der Waals surface area contributed by atoms with Crippen LogP contribution < -0.4 is 14.8 Å². The van der Waals surface area contributed by atoms with E-state index in [2.05, 4.69) is 5.32 Å². The van der Waals surface area contributed by atoms with E-state index in [-0.39, 0.29) is 6.03 Å². The number of rotatable bonds is 6. The summed E-state index contributed by atoms with van der Waals surface area (Å²) in [5.74, 6) is 1.62. The number of ether oxygens (including phenoxy) is 2. The lowest BCUT2D eigenvalue weighted by molar-refractivity contribution is 0.184. The Kier molecular flexibility index (Phi) is 6.19. The van der Waals surface area contributed by atoms with Gasteiger partial charge >= 0.3 is 6.03 Å². The van der Waals surface area contributed by atoms with Gasteiger partial charge in [0.05, 0.1) is 13.2 Å². The summed E-state index contributed by atoms with van der Waals surface area (Å²) < 4.78 is 11.0. The smallest absolute Gasteiger partial charge is 0.317 e. The first-order valence-electron chi connectivity index (χ1n) is 7.68. The van der Waals surface area contributed by atoms with Crippen molar-refractivity contribution in [3.8, 4) is 11.5 Å². The average molecular weight is 292 g/mol. The molecule has 0 atom stereocenters. The number of benzene rings is 1. The van der Waals surface area contributed by atoms with Crippen LogP contribution in [-0.4, -0.2) is 43.8 Å². The molecule has 1 saturated heterocycles. The molecule has 2 rings (SSSR count). The highest BCUT2D eigenvalue weighted by Crippen LogP contribution is 2.17. The Morgan fingerprint density at radius 3 is 2.33 bits per heavy atom. The number of piperidine rings is 1. The maximum absolute atomic E-state index is 11.9. The van der Waals surface area contributed by atoms with Gasteiger partial charge in [0.1, 0.15) is 18.1 Å². The molecule has 5 nitrogen and oxygen atoms in total. The van der Waals surface area contributed by atoms with Crippen LogP contribution in [0.4, 0.5) is 4.79 Å². The van der Waals surface area contributed by atoms with Crippen molar-refractivity contribution in [2.45, 2.75) is 26.2 Å². The van der Waals surface area contributed by atoms with Gasteiger partial charge in [-0.25, -0.2) is 4.79 Å². The SMILES string of the molecule is CCOc1ccc(OCCNC(=O)N2CCCCC2)cc1. The third kappa shape index (κ3) is 5.17. The largest absolute Gasteiger partial charge is 0.494 e. The lowest BCUT2D eigenvalue weighted by Crippen LogP contribution is -2.43.